The number of hydrogen-bond acceptors (Lipinski definition) is 5. The Morgan fingerprint density at radius 3 is 2.65 bits per heavy atom. The van der Waals surface area contributed by atoms with Crippen LogP contribution in [-0.2, 0) is 10.0 Å². The molecule has 0 bridgehead atoms. The molecule has 0 spiro atoms. The number of rotatable bonds is 3. The summed E-state index contributed by atoms with van der Waals surface area (Å²) in [6.45, 7) is 1.92. The van der Waals surface area contributed by atoms with Gasteiger partial charge >= 0.3 is 5.97 Å². The summed E-state index contributed by atoms with van der Waals surface area (Å²) < 4.78 is 25.9. The average Bonchev–Trinajstić information content (AvgIpc) is 2.37. The zero-order valence-corrected chi connectivity index (χ0v) is 11.8. The minimum Gasteiger partial charge on any atom is -0.478 e. The van der Waals surface area contributed by atoms with Gasteiger partial charge in [0.1, 0.15) is 0 Å². The number of carbonyl (C=O) groups is 1. The van der Waals surface area contributed by atoms with Gasteiger partial charge in [0.2, 0.25) is 0 Å². The van der Waals surface area contributed by atoms with Crippen molar-refractivity contribution in [1.29, 1.82) is 0 Å². The lowest BCUT2D eigenvalue weighted by atomic mass is 9.97. The van der Waals surface area contributed by atoms with Crippen LogP contribution in [0.3, 0.4) is 0 Å². The van der Waals surface area contributed by atoms with E-state index in [1.807, 2.05) is 0 Å². The molecule has 0 saturated carbocycles. The Balaban J connectivity index is 2.28. The van der Waals surface area contributed by atoms with Crippen molar-refractivity contribution in [2.24, 2.45) is 0 Å². The van der Waals surface area contributed by atoms with Crippen LogP contribution in [0.25, 0.3) is 0 Å². The van der Waals surface area contributed by atoms with Gasteiger partial charge in [-0.3, -0.25) is 0 Å². The predicted octanol–water partition coefficient (Wildman–Crippen LogP) is 0.315. The number of hydrogen-bond donors (Lipinski definition) is 2. The van der Waals surface area contributed by atoms with Crippen LogP contribution in [0.15, 0.2) is 23.4 Å². The molecule has 1 aliphatic rings. The van der Waals surface area contributed by atoms with E-state index in [9.17, 15) is 18.3 Å². The summed E-state index contributed by atoms with van der Waals surface area (Å²) in [4.78, 5) is 14.4. The van der Waals surface area contributed by atoms with Crippen LogP contribution in [0.4, 0.5) is 0 Å². The molecule has 1 fully saturated rings. The molecule has 1 atom stereocenters. The van der Waals surface area contributed by atoms with Crippen molar-refractivity contribution in [3.8, 4) is 0 Å². The van der Waals surface area contributed by atoms with E-state index in [4.69, 9.17) is 5.11 Å². The van der Waals surface area contributed by atoms with Crippen molar-refractivity contribution < 1.29 is 23.4 Å². The number of nitrogens with zero attached hydrogens (tertiary/aromatic N) is 2. The largest absolute Gasteiger partial charge is 0.478 e. The van der Waals surface area contributed by atoms with Crippen molar-refractivity contribution in [2.45, 2.75) is 30.4 Å². The number of aromatic nitrogens is 1. The number of β-amino-alcohol motifs (C(OH)–C–C–N with tert-alkyl or cyclic N) is 1. The number of carboxylic acid groups (broad SMARTS) is 1. The lowest BCUT2D eigenvalue weighted by Gasteiger charge is -2.35. The Morgan fingerprint density at radius 1 is 1.45 bits per heavy atom. The monoisotopic (exact) mass is 300 g/mol. The molecule has 0 radical (unpaired) electrons. The average molecular weight is 300 g/mol. The molecule has 2 rings (SSSR count). The summed E-state index contributed by atoms with van der Waals surface area (Å²) in [7, 11) is -3.81. The van der Waals surface area contributed by atoms with Crippen LogP contribution in [0.2, 0.25) is 0 Å². The van der Waals surface area contributed by atoms with Gasteiger partial charge < -0.3 is 10.2 Å². The molecular formula is C12H16N2O5S. The second kappa shape index (κ2) is 5.12. The Bertz CT molecular complexity index is 609. The molecule has 1 aromatic heterocycles. The van der Waals surface area contributed by atoms with Crippen molar-refractivity contribution in [1.82, 2.24) is 9.29 Å². The molecule has 0 amide bonds. The molecule has 2 N–H and O–H groups in total. The number of aliphatic hydroxyl groups is 1. The van der Waals surface area contributed by atoms with Crippen LogP contribution >= 0.6 is 0 Å². The summed E-state index contributed by atoms with van der Waals surface area (Å²) >= 11 is 0. The van der Waals surface area contributed by atoms with Gasteiger partial charge in [0.25, 0.3) is 10.0 Å². The number of sulfonamides is 1. The normalized spacial score (nSPS) is 24.5. The molecule has 0 aliphatic carbocycles. The van der Waals surface area contributed by atoms with Crippen molar-refractivity contribution in [2.75, 3.05) is 13.1 Å². The van der Waals surface area contributed by atoms with Gasteiger partial charge in [-0.1, -0.05) is 0 Å². The third-order valence-corrected chi connectivity index (χ3v) is 4.99. The molecule has 1 unspecified atom stereocenters. The molecule has 1 aromatic rings. The molecule has 110 valence electrons. The lowest BCUT2D eigenvalue weighted by Crippen LogP contribution is -2.48. The highest BCUT2D eigenvalue weighted by molar-refractivity contribution is 7.89. The van der Waals surface area contributed by atoms with Crippen LogP contribution < -0.4 is 0 Å². The first-order valence-electron chi connectivity index (χ1n) is 6.14. The van der Waals surface area contributed by atoms with Gasteiger partial charge in [-0.25, -0.2) is 18.2 Å². The van der Waals surface area contributed by atoms with Crippen LogP contribution in [0, 0.1) is 0 Å². The minimum atomic E-state index is -3.81. The Hall–Kier alpha value is -1.51. The highest BCUT2D eigenvalue weighted by Crippen LogP contribution is 2.25. The smallest absolute Gasteiger partial charge is 0.337 e. The summed E-state index contributed by atoms with van der Waals surface area (Å²) in [5.74, 6) is -1.16. The van der Waals surface area contributed by atoms with E-state index >= 15 is 0 Å². The number of carboxylic acids is 1. The second-order valence-corrected chi connectivity index (χ2v) is 7.01. The van der Waals surface area contributed by atoms with Gasteiger partial charge in [-0.2, -0.15) is 4.31 Å². The van der Waals surface area contributed by atoms with E-state index in [0.29, 0.717) is 19.4 Å². The van der Waals surface area contributed by atoms with Crippen LogP contribution in [0.5, 0.6) is 0 Å². The van der Waals surface area contributed by atoms with Gasteiger partial charge in [-0.05, 0) is 31.9 Å². The fourth-order valence-electron chi connectivity index (χ4n) is 2.17. The topological polar surface area (TPSA) is 108 Å². The molecule has 20 heavy (non-hydrogen) atoms. The fourth-order valence-corrected chi connectivity index (χ4v) is 3.68. The second-order valence-electron chi connectivity index (χ2n) is 5.13. The minimum absolute atomic E-state index is 0.0116. The number of aromatic carboxylic acids is 1. The summed E-state index contributed by atoms with van der Waals surface area (Å²) in [5.41, 5.74) is -1.12. The van der Waals surface area contributed by atoms with Crippen LogP contribution in [0.1, 0.15) is 30.1 Å². The third-order valence-electron chi connectivity index (χ3n) is 3.23. The van der Waals surface area contributed by atoms with E-state index in [2.05, 4.69) is 4.98 Å². The molecular weight excluding hydrogens is 284 g/mol. The number of pyridine rings is 1. The van der Waals surface area contributed by atoms with E-state index in [-0.39, 0.29) is 17.1 Å². The standard InChI is InChI=1S/C12H16N2O5S/c1-12(17)5-2-6-14(8-12)20(18,19)10-4-3-9(7-13-10)11(15)16/h3-4,7,17H,2,5-6,8H2,1H3,(H,15,16). The lowest BCUT2D eigenvalue weighted by molar-refractivity contribution is 0.00934. The summed E-state index contributed by atoms with van der Waals surface area (Å²) in [6, 6.07) is 2.37. The van der Waals surface area contributed by atoms with Gasteiger partial charge in [0, 0.05) is 19.3 Å². The first-order chi connectivity index (χ1) is 9.22. The van der Waals surface area contributed by atoms with E-state index in [0.717, 1.165) is 6.20 Å². The van der Waals surface area contributed by atoms with E-state index in [1.54, 1.807) is 6.92 Å². The zero-order chi connectivity index (χ0) is 15.0. The number of piperidine rings is 1. The molecule has 1 saturated heterocycles. The van der Waals surface area contributed by atoms with Gasteiger partial charge in [-0.15, -0.1) is 0 Å². The fraction of sp³-hybridized carbons (Fsp3) is 0.500. The van der Waals surface area contributed by atoms with Gasteiger partial charge in [0.05, 0.1) is 11.2 Å². The maximum absolute atomic E-state index is 12.4. The highest BCUT2D eigenvalue weighted by Gasteiger charge is 2.36. The zero-order valence-electron chi connectivity index (χ0n) is 11.0. The maximum Gasteiger partial charge on any atom is 0.337 e. The van der Waals surface area contributed by atoms with Crippen molar-refractivity contribution in [3.63, 3.8) is 0 Å². The third kappa shape index (κ3) is 2.97. The summed E-state index contributed by atoms with van der Waals surface area (Å²) in [6.07, 6.45) is 2.13. The first-order valence-corrected chi connectivity index (χ1v) is 7.58. The SMILES string of the molecule is CC1(O)CCCN(S(=O)(=O)c2ccc(C(=O)O)cn2)C1. The maximum atomic E-state index is 12.4. The van der Waals surface area contributed by atoms with Gasteiger partial charge in [0.15, 0.2) is 5.03 Å². The Morgan fingerprint density at radius 2 is 2.15 bits per heavy atom. The first kappa shape index (κ1) is 14.9. The van der Waals surface area contributed by atoms with Crippen molar-refractivity contribution in [3.05, 3.63) is 23.9 Å². The van der Waals surface area contributed by atoms with Crippen LogP contribution in [-0.4, -0.2) is 52.6 Å². The van der Waals surface area contributed by atoms with E-state index < -0.39 is 21.6 Å². The predicted molar refractivity (Wildman–Crippen MR) is 69.8 cm³/mol. The molecule has 2 heterocycles. The quantitative estimate of drug-likeness (QED) is 0.832. The molecule has 7 nitrogen and oxygen atoms in total. The Kier molecular flexibility index (Phi) is 3.81. The molecule has 0 aromatic carbocycles. The highest BCUT2D eigenvalue weighted by atomic mass is 32.2. The molecule has 8 heteroatoms. The molecule has 1 aliphatic heterocycles. The summed E-state index contributed by atoms with van der Waals surface area (Å²) in [5, 5.41) is 18.5. The van der Waals surface area contributed by atoms with E-state index in [1.165, 1.54) is 16.4 Å². The van der Waals surface area contributed by atoms with Crippen molar-refractivity contribution >= 4 is 16.0 Å². The Labute approximate surface area is 116 Å².